The first kappa shape index (κ1) is 26.4. The van der Waals surface area contributed by atoms with Crippen molar-refractivity contribution in [1.29, 1.82) is 0 Å². The number of ether oxygens (including phenoxy) is 4. The van der Waals surface area contributed by atoms with E-state index in [0.717, 1.165) is 6.26 Å². The fraction of sp³-hybridized carbons (Fsp3) is 0.364. The highest BCUT2D eigenvalue weighted by atomic mass is 35.5. The number of hydrogen-bond acceptors (Lipinski definition) is 10. The van der Waals surface area contributed by atoms with Gasteiger partial charge in [0.25, 0.3) is 5.91 Å². The molecule has 0 aliphatic carbocycles. The molecule has 0 spiro atoms. The zero-order chi connectivity index (χ0) is 25.4. The fourth-order valence-corrected chi connectivity index (χ4v) is 4.00. The fourth-order valence-electron chi connectivity index (χ4n) is 3.02. The van der Waals surface area contributed by atoms with E-state index in [9.17, 15) is 13.2 Å². The summed E-state index contributed by atoms with van der Waals surface area (Å²) in [6.45, 7) is 8.38. The number of halogens is 1. The lowest BCUT2D eigenvalue weighted by Gasteiger charge is -2.32. The van der Waals surface area contributed by atoms with Crippen LogP contribution in [0.1, 0.15) is 10.4 Å². The van der Waals surface area contributed by atoms with Crippen LogP contribution in [0, 0.1) is 0 Å². The maximum atomic E-state index is 13.0. The zero-order valence-corrected chi connectivity index (χ0v) is 20.6. The van der Waals surface area contributed by atoms with E-state index in [-0.39, 0.29) is 72.4 Å². The van der Waals surface area contributed by atoms with Crippen LogP contribution in [-0.2, 0) is 14.6 Å². The van der Waals surface area contributed by atoms with Crippen molar-refractivity contribution >= 4 is 27.3 Å². The number of carbonyl (C=O) groups is 1. The molecular formula is C22H25ClN4O7S. The average Bonchev–Trinajstić information content (AvgIpc) is 2.84. The molecule has 1 atom stereocenters. The summed E-state index contributed by atoms with van der Waals surface area (Å²) in [7, 11) is -3.44. The summed E-state index contributed by atoms with van der Waals surface area (Å²) in [5, 5.41) is 0.0570. The Bertz CT molecular complexity index is 1160. The summed E-state index contributed by atoms with van der Waals surface area (Å²) in [6.07, 6.45) is 3.67. The molecule has 0 saturated carbocycles. The van der Waals surface area contributed by atoms with E-state index in [1.807, 2.05) is 0 Å². The first-order valence-corrected chi connectivity index (χ1v) is 12.7. The van der Waals surface area contributed by atoms with Crippen LogP contribution >= 0.6 is 11.6 Å². The first-order chi connectivity index (χ1) is 16.7. The Kier molecular flexibility index (Phi) is 9.01. The summed E-state index contributed by atoms with van der Waals surface area (Å²) < 4.78 is 45.5. The van der Waals surface area contributed by atoms with Crippen molar-refractivity contribution in [2.24, 2.45) is 0 Å². The number of benzene rings is 1. The number of sulfone groups is 1. The van der Waals surface area contributed by atoms with E-state index >= 15 is 0 Å². The molecular weight excluding hydrogens is 500 g/mol. The van der Waals surface area contributed by atoms with E-state index in [2.05, 4.69) is 28.1 Å². The molecule has 1 aliphatic heterocycles. The standard InChI is InChI=1S/C22H25ClN4O7S/c1-4-9-32-20-24-21(33-10-5-2)26-22(25-20)34-14-15-13-27(8-11-31-15)19(28)17-7-6-16(12-18(17)23)35(3,29)30/h4-7,12,15H,1-2,8-11,13-14H2,3H3. The van der Waals surface area contributed by atoms with Gasteiger partial charge < -0.3 is 23.8 Å². The molecule has 0 bridgehead atoms. The van der Waals surface area contributed by atoms with E-state index in [1.165, 1.54) is 30.4 Å². The van der Waals surface area contributed by atoms with Gasteiger partial charge in [0.2, 0.25) is 0 Å². The molecule has 1 aliphatic rings. The molecule has 0 N–H and O–H groups in total. The molecule has 1 amide bonds. The maximum Gasteiger partial charge on any atom is 0.326 e. The Morgan fingerprint density at radius 1 is 1.14 bits per heavy atom. The monoisotopic (exact) mass is 524 g/mol. The van der Waals surface area contributed by atoms with Crippen molar-refractivity contribution in [3.63, 3.8) is 0 Å². The molecule has 1 saturated heterocycles. The van der Waals surface area contributed by atoms with Gasteiger partial charge in [0, 0.05) is 12.8 Å². The van der Waals surface area contributed by atoms with Crippen molar-refractivity contribution in [3.8, 4) is 18.0 Å². The average molecular weight is 525 g/mol. The molecule has 1 fully saturated rings. The Labute approximate surface area is 208 Å². The molecule has 1 aromatic carbocycles. The van der Waals surface area contributed by atoms with Gasteiger partial charge in [0.1, 0.15) is 25.9 Å². The Hall–Kier alpha value is -3.22. The molecule has 1 aromatic heterocycles. The smallest absolute Gasteiger partial charge is 0.326 e. The van der Waals surface area contributed by atoms with Crippen LogP contribution in [0.4, 0.5) is 0 Å². The Balaban J connectivity index is 1.66. The van der Waals surface area contributed by atoms with Crippen molar-refractivity contribution in [1.82, 2.24) is 19.9 Å². The van der Waals surface area contributed by atoms with Crippen molar-refractivity contribution in [3.05, 3.63) is 54.1 Å². The molecule has 13 heteroatoms. The number of nitrogens with zero attached hydrogens (tertiary/aromatic N) is 4. The lowest BCUT2D eigenvalue weighted by molar-refractivity contribution is -0.0415. The van der Waals surface area contributed by atoms with Crippen molar-refractivity contribution in [2.75, 3.05) is 45.8 Å². The predicted molar refractivity (Wildman–Crippen MR) is 127 cm³/mol. The minimum Gasteiger partial charge on any atom is -0.460 e. The van der Waals surface area contributed by atoms with Gasteiger partial charge in [-0.3, -0.25) is 4.79 Å². The van der Waals surface area contributed by atoms with Crippen LogP contribution in [0.3, 0.4) is 0 Å². The molecule has 35 heavy (non-hydrogen) atoms. The van der Waals surface area contributed by atoms with Gasteiger partial charge in [-0.2, -0.15) is 0 Å². The zero-order valence-electron chi connectivity index (χ0n) is 19.1. The van der Waals surface area contributed by atoms with Crippen LogP contribution in [0.5, 0.6) is 18.0 Å². The van der Waals surface area contributed by atoms with Crippen LogP contribution in [0.15, 0.2) is 48.4 Å². The van der Waals surface area contributed by atoms with E-state index < -0.39 is 15.9 Å². The summed E-state index contributed by atoms with van der Waals surface area (Å²) >= 11 is 6.20. The molecule has 2 aromatic rings. The summed E-state index contributed by atoms with van der Waals surface area (Å²) in [5.74, 6) is -0.344. The molecule has 1 unspecified atom stereocenters. The summed E-state index contributed by atoms with van der Waals surface area (Å²) in [6, 6.07) is 4.00. The molecule has 2 heterocycles. The lowest BCUT2D eigenvalue weighted by Crippen LogP contribution is -2.47. The van der Waals surface area contributed by atoms with Crippen LogP contribution in [0.25, 0.3) is 0 Å². The van der Waals surface area contributed by atoms with Gasteiger partial charge in [0.15, 0.2) is 9.84 Å². The van der Waals surface area contributed by atoms with Crippen molar-refractivity contribution < 1.29 is 32.2 Å². The van der Waals surface area contributed by atoms with Crippen LogP contribution in [-0.4, -0.2) is 86.1 Å². The molecule has 188 valence electrons. The highest BCUT2D eigenvalue weighted by molar-refractivity contribution is 7.90. The Morgan fingerprint density at radius 3 is 2.29 bits per heavy atom. The number of amides is 1. The number of morpholine rings is 1. The van der Waals surface area contributed by atoms with E-state index in [1.54, 1.807) is 4.90 Å². The van der Waals surface area contributed by atoms with Gasteiger partial charge in [-0.25, -0.2) is 8.42 Å². The third-order valence-electron chi connectivity index (χ3n) is 4.66. The molecule has 3 rings (SSSR count). The van der Waals surface area contributed by atoms with E-state index in [0.29, 0.717) is 6.54 Å². The lowest BCUT2D eigenvalue weighted by atomic mass is 10.1. The minimum absolute atomic E-state index is 0.00233. The van der Waals surface area contributed by atoms with Gasteiger partial charge >= 0.3 is 18.0 Å². The van der Waals surface area contributed by atoms with Gasteiger partial charge in [-0.1, -0.05) is 36.9 Å². The quantitative estimate of drug-likeness (QED) is 0.402. The van der Waals surface area contributed by atoms with Crippen molar-refractivity contribution in [2.45, 2.75) is 11.0 Å². The number of rotatable bonds is 11. The minimum atomic E-state index is -3.44. The highest BCUT2D eigenvalue weighted by Crippen LogP contribution is 2.23. The topological polar surface area (TPSA) is 130 Å². The SMILES string of the molecule is C=CCOc1nc(OCC=C)nc(OCC2CN(C(=O)c3ccc(S(C)(=O)=O)cc3Cl)CCO2)n1. The second-order valence-corrected chi connectivity index (χ2v) is 9.77. The Morgan fingerprint density at radius 2 is 1.74 bits per heavy atom. The maximum absolute atomic E-state index is 13.0. The van der Waals surface area contributed by atoms with Gasteiger partial charge in [-0.05, 0) is 18.2 Å². The number of carbonyl (C=O) groups excluding carboxylic acids is 1. The molecule has 0 radical (unpaired) electrons. The van der Waals surface area contributed by atoms with Gasteiger partial charge in [0.05, 0.1) is 28.6 Å². The highest BCUT2D eigenvalue weighted by Gasteiger charge is 2.27. The summed E-state index contributed by atoms with van der Waals surface area (Å²) in [4.78, 5) is 26.8. The number of aromatic nitrogens is 3. The van der Waals surface area contributed by atoms with Crippen LogP contribution in [0.2, 0.25) is 5.02 Å². The molecule has 11 nitrogen and oxygen atoms in total. The second-order valence-electron chi connectivity index (χ2n) is 7.35. The van der Waals surface area contributed by atoms with E-state index in [4.69, 9.17) is 30.5 Å². The first-order valence-electron chi connectivity index (χ1n) is 10.5. The largest absolute Gasteiger partial charge is 0.460 e. The summed E-state index contributed by atoms with van der Waals surface area (Å²) in [5.41, 5.74) is 0.200. The third-order valence-corrected chi connectivity index (χ3v) is 6.08. The number of hydrogen-bond donors (Lipinski definition) is 0. The van der Waals surface area contributed by atoms with Crippen LogP contribution < -0.4 is 14.2 Å². The third kappa shape index (κ3) is 7.38. The second kappa shape index (κ2) is 12.0. The normalized spacial score (nSPS) is 15.8. The van der Waals surface area contributed by atoms with Gasteiger partial charge in [-0.15, -0.1) is 15.0 Å². The predicted octanol–water partition coefficient (Wildman–Crippen LogP) is 1.98.